The standard InChI is InChI=1S/C18H13F3N4O/c19-18(20,21)17-10(3-5-22-17)16-12-8-26-6-4-9(12)15-11-7-23-25-13(11)1-2-14(15)24-16/h1-3,7H,4-6,8H2,(H,23,25). The molecule has 0 radical (unpaired) electrons. The number of alkyl halides is 3. The predicted molar refractivity (Wildman–Crippen MR) is 91.1 cm³/mol. The quantitative estimate of drug-likeness (QED) is 0.723. The Labute approximate surface area is 145 Å². The Morgan fingerprint density at radius 2 is 2.04 bits per heavy atom. The summed E-state index contributed by atoms with van der Waals surface area (Å²) < 4.78 is 45.6. The SMILES string of the molecule is FC(F)(F)C1=NCC=C1c1nc2ccc3[nH]ncc3c2c2c1COCC2. The van der Waals surface area contributed by atoms with Gasteiger partial charge in [0.2, 0.25) is 0 Å². The number of H-pyrrole nitrogens is 1. The van der Waals surface area contributed by atoms with Gasteiger partial charge in [-0.15, -0.1) is 0 Å². The fourth-order valence-corrected chi connectivity index (χ4v) is 3.76. The van der Waals surface area contributed by atoms with Crippen molar-refractivity contribution in [1.29, 1.82) is 0 Å². The minimum Gasteiger partial charge on any atom is -0.376 e. The van der Waals surface area contributed by atoms with Crippen LogP contribution in [0.4, 0.5) is 13.2 Å². The highest BCUT2D eigenvalue weighted by molar-refractivity contribution is 6.28. The molecular weight excluding hydrogens is 345 g/mol. The second-order valence-corrected chi connectivity index (χ2v) is 6.32. The first-order valence-corrected chi connectivity index (χ1v) is 8.22. The summed E-state index contributed by atoms with van der Waals surface area (Å²) in [5, 5.41) is 8.86. The van der Waals surface area contributed by atoms with Gasteiger partial charge < -0.3 is 4.74 Å². The van der Waals surface area contributed by atoms with Gasteiger partial charge in [-0.1, -0.05) is 6.08 Å². The zero-order valence-corrected chi connectivity index (χ0v) is 13.5. The lowest BCUT2D eigenvalue weighted by molar-refractivity contribution is -0.0571. The number of aromatic nitrogens is 3. The van der Waals surface area contributed by atoms with Crippen molar-refractivity contribution in [3.8, 4) is 0 Å². The van der Waals surface area contributed by atoms with Gasteiger partial charge in [0, 0.05) is 21.9 Å². The molecule has 26 heavy (non-hydrogen) atoms. The Bertz CT molecular complexity index is 1110. The van der Waals surface area contributed by atoms with Gasteiger partial charge >= 0.3 is 6.18 Å². The van der Waals surface area contributed by atoms with Crippen LogP contribution in [0.25, 0.3) is 27.4 Å². The van der Waals surface area contributed by atoms with E-state index in [9.17, 15) is 13.2 Å². The van der Waals surface area contributed by atoms with E-state index in [2.05, 4.69) is 20.2 Å². The average molecular weight is 358 g/mol. The third kappa shape index (κ3) is 2.18. The number of rotatable bonds is 1. The van der Waals surface area contributed by atoms with Crippen LogP contribution in [0.1, 0.15) is 16.8 Å². The Kier molecular flexibility index (Phi) is 3.21. The number of ether oxygens (including phenoxy) is 1. The van der Waals surface area contributed by atoms with Crippen LogP contribution in [0.3, 0.4) is 0 Å². The molecule has 5 rings (SSSR count). The Balaban J connectivity index is 1.82. The van der Waals surface area contributed by atoms with Gasteiger partial charge in [-0.25, -0.2) is 4.98 Å². The average Bonchev–Trinajstić information content (AvgIpc) is 3.29. The molecule has 3 aromatic rings. The van der Waals surface area contributed by atoms with Crippen molar-refractivity contribution in [2.24, 2.45) is 4.99 Å². The van der Waals surface area contributed by atoms with Crippen molar-refractivity contribution in [3.05, 3.63) is 41.2 Å². The topological polar surface area (TPSA) is 63.2 Å². The van der Waals surface area contributed by atoms with Crippen LogP contribution in [-0.4, -0.2) is 40.2 Å². The smallest absolute Gasteiger partial charge is 0.376 e. The maximum Gasteiger partial charge on any atom is 0.433 e. The van der Waals surface area contributed by atoms with E-state index in [1.165, 1.54) is 6.08 Å². The largest absolute Gasteiger partial charge is 0.433 e. The number of fused-ring (bicyclic) bond motifs is 5. The number of allylic oxidation sites excluding steroid dienone is 1. The molecule has 4 heterocycles. The van der Waals surface area contributed by atoms with Crippen molar-refractivity contribution in [2.75, 3.05) is 13.2 Å². The molecule has 0 bridgehead atoms. The first kappa shape index (κ1) is 15.5. The zero-order valence-electron chi connectivity index (χ0n) is 13.5. The van der Waals surface area contributed by atoms with Gasteiger partial charge in [-0.3, -0.25) is 10.1 Å². The number of hydrogen-bond donors (Lipinski definition) is 1. The van der Waals surface area contributed by atoms with Gasteiger partial charge in [-0.2, -0.15) is 18.3 Å². The number of aliphatic imine (C=N–C) groups is 1. The van der Waals surface area contributed by atoms with E-state index in [1.807, 2.05) is 12.1 Å². The van der Waals surface area contributed by atoms with E-state index >= 15 is 0 Å². The van der Waals surface area contributed by atoms with Gasteiger partial charge in [-0.05, 0) is 24.1 Å². The summed E-state index contributed by atoms with van der Waals surface area (Å²) in [5.74, 6) is 0. The number of benzene rings is 1. The molecule has 1 N–H and O–H groups in total. The Hall–Kier alpha value is -2.74. The lowest BCUT2D eigenvalue weighted by Crippen LogP contribution is -2.24. The molecular formula is C18H13F3N4O. The molecule has 2 aliphatic heterocycles. The second-order valence-electron chi connectivity index (χ2n) is 6.32. The molecule has 0 amide bonds. The van der Waals surface area contributed by atoms with Gasteiger partial charge in [0.1, 0.15) is 5.71 Å². The van der Waals surface area contributed by atoms with Crippen molar-refractivity contribution < 1.29 is 17.9 Å². The van der Waals surface area contributed by atoms with Gasteiger partial charge in [0.25, 0.3) is 0 Å². The monoisotopic (exact) mass is 358 g/mol. The van der Waals surface area contributed by atoms with Crippen LogP contribution in [0.15, 0.2) is 29.4 Å². The predicted octanol–water partition coefficient (Wildman–Crippen LogP) is 3.58. The summed E-state index contributed by atoms with van der Waals surface area (Å²) in [5.41, 5.74) is 2.74. The lowest BCUT2D eigenvalue weighted by Gasteiger charge is -2.23. The van der Waals surface area contributed by atoms with Crippen LogP contribution >= 0.6 is 0 Å². The second kappa shape index (κ2) is 5.38. The summed E-state index contributed by atoms with van der Waals surface area (Å²) in [6, 6.07) is 3.66. The fourth-order valence-electron chi connectivity index (χ4n) is 3.76. The lowest BCUT2D eigenvalue weighted by atomic mass is 9.91. The number of pyridine rings is 1. The first-order chi connectivity index (χ1) is 12.5. The summed E-state index contributed by atoms with van der Waals surface area (Å²) in [4.78, 5) is 8.23. The van der Waals surface area contributed by atoms with Crippen LogP contribution in [-0.2, 0) is 17.8 Å². The molecule has 0 unspecified atom stereocenters. The fraction of sp³-hybridized carbons (Fsp3) is 0.278. The first-order valence-electron chi connectivity index (χ1n) is 8.22. The molecule has 0 saturated carbocycles. The van der Waals surface area contributed by atoms with Crippen molar-refractivity contribution in [3.63, 3.8) is 0 Å². The van der Waals surface area contributed by atoms with E-state index < -0.39 is 11.9 Å². The molecule has 0 atom stereocenters. The summed E-state index contributed by atoms with van der Waals surface area (Å²) in [6.45, 7) is 0.781. The minimum absolute atomic E-state index is 0.0142. The number of nitrogens with zero attached hydrogens (tertiary/aromatic N) is 3. The third-order valence-electron chi connectivity index (χ3n) is 4.85. The normalized spacial score (nSPS) is 17.5. The molecule has 0 spiro atoms. The minimum atomic E-state index is -4.50. The highest BCUT2D eigenvalue weighted by Gasteiger charge is 2.41. The van der Waals surface area contributed by atoms with Gasteiger partial charge in [0.05, 0.1) is 42.7 Å². The molecule has 5 nitrogen and oxygen atoms in total. The van der Waals surface area contributed by atoms with Crippen molar-refractivity contribution in [1.82, 2.24) is 15.2 Å². The zero-order chi connectivity index (χ0) is 17.9. The number of nitrogens with one attached hydrogen (secondary N) is 1. The Morgan fingerprint density at radius 1 is 1.15 bits per heavy atom. The summed E-state index contributed by atoms with van der Waals surface area (Å²) in [7, 11) is 0. The van der Waals surface area contributed by atoms with E-state index in [0.29, 0.717) is 29.8 Å². The molecule has 2 aliphatic rings. The highest BCUT2D eigenvalue weighted by Crippen LogP contribution is 2.38. The molecule has 2 aromatic heterocycles. The van der Waals surface area contributed by atoms with E-state index in [0.717, 1.165) is 21.9 Å². The summed E-state index contributed by atoms with van der Waals surface area (Å²) in [6.07, 6.45) is -0.665. The summed E-state index contributed by atoms with van der Waals surface area (Å²) >= 11 is 0. The molecule has 0 saturated heterocycles. The number of halogens is 3. The molecule has 0 aliphatic carbocycles. The van der Waals surface area contributed by atoms with E-state index in [-0.39, 0.29) is 18.7 Å². The maximum absolute atomic E-state index is 13.4. The number of aromatic amines is 1. The van der Waals surface area contributed by atoms with Crippen molar-refractivity contribution in [2.45, 2.75) is 19.2 Å². The number of hydrogen-bond acceptors (Lipinski definition) is 4. The molecule has 1 aromatic carbocycles. The molecule has 8 heteroatoms. The van der Waals surface area contributed by atoms with Crippen LogP contribution < -0.4 is 0 Å². The van der Waals surface area contributed by atoms with Gasteiger partial charge in [0.15, 0.2) is 0 Å². The van der Waals surface area contributed by atoms with Crippen LogP contribution in [0.5, 0.6) is 0 Å². The molecule has 0 fully saturated rings. The van der Waals surface area contributed by atoms with E-state index in [1.54, 1.807) is 6.20 Å². The highest BCUT2D eigenvalue weighted by atomic mass is 19.4. The maximum atomic E-state index is 13.4. The third-order valence-corrected chi connectivity index (χ3v) is 4.85. The Morgan fingerprint density at radius 3 is 2.88 bits per heavy atom. The molecule has 132 valence electrons. The van der Waals surface area contributed by atoms with E-state index in [4.69, 9.17) is 4.74 Å². The van der Waals surface area contributed by atoms with Crippen LogP contribution in [0, 0.1) is 0 Å². The van der Waals surface area contributed by atoms with Crippen molar-refractivity contribution >= 4 is 33.1 Å². The van der Waals surface area contributed by atoms with Crippen LogP contribution in [0.2, 0.25) is 0 Å².